The van der Waals surface area contributed by atoms with E-state index in [9.17, 15) is 13.2 Å². The number of nitrogens with zero attached hydrogens (tertiary/aromatic N) is 1. The molecule has 1 atom stereocenters. The van der Waals surface area contributed by atoms with Crippen LogP contribution in [0.2, 0.25) is 0 Å². The first kappa shape index (κ1) is 16.7. The summed E-state index contributed by atoms with van der Waals surface area (Å²) in [5.41, 5.74) is -0.962. The summed E-state index contributed by atoms with van der Waals surface area (Å²) in [6.07, 6.45) is -2.33. The molecule has 1 aromatic carbocycles. The zero-order chi connectivity index (χ0) is 15.2. The fraction of sp³-hybridized carbons (Fsp3) is 0.462. The molecule has 2 N–H and O–H groups in total. The highest BCUT2D eigenvalue weighted by Crippen LogP contribution is 2.36. The molecule has 1 unspecified atom stereocenters. The average Bonchev–Trinajstić information content (AvgIpc) is 2.38. The van der Waals surface area contributed by atoms with Gasteiger partial charge in [-0.15, -0.1) is 0 Å². The van der Waals surface area contributed by atoms with Crippen LogP contribution in [0.5, 0.6) is 0 Å². The molecule has 0 radical (unpaired) electrons. The molecule has 0 heterocycles. The topological polar surface area (TPSA) is 56.0 Å². The lowest BCUT2D eigenvalue weighted by atomic mass is 10.1. The third-order valence-electron chi connectivity index (χ3n) is 2.66. The van der Waals surface area contributed by atoms with Crippen LogP contribution in [0, 0.1) is 11.3 Å². The molecule has 0 aliphatic carbocycles. The molecule has 0 fully saturated rings. The van der Waals surface area contributed by atoms with E-state index in [4.69, 9.17) is 10.4 Å². The molecule has 1 aromatic rings. The number of rotatable bonds is 6. The summed E-state index contributed by atoms with van der Waals surface area (Å²) in [5, 5.41) is 20.4. The Morgan fingerprint density at radius 3 is 2.65 bits per heavy atom. The van der Waals surface area contributed by atoms with Gasteiger partial charge in [0.2, 0.25) is 0 Å². The van der Waals surface area contributed by atoms with Crippen molar-refractivity contribution in [1.29, 1.82) is 5.26 Å². The summed E-state index contributed by atoms with van der Waals surface area (Å²) in [4.78, 5) is 0. The largest absolute Gasteiger partial charge is 0.418 e. The molecular formula is C13H15F3N2OS. The smallest absolute Gasteiger partial charge is 0.396 e. The molecule has 20 heavy (non-hydrogen) atoms. The van der Waals surface area contributed by atoms with Crippen LogP contribution in [-0.4, -0.2) is 29.8 Å². The maximum absolute atomic E-state index is 13.0. The van der Waals surface area contributed by atoms with Crippen LogP contribution >= 0.6 is 11.8 Å². The van der Waals surface area contributed by atoms with Crippen molar-refractivity contribution in [1.82, 2.24) is 0 Å². The molecule has 0 saturated carbocycles. The molecule has 1 rings (SSSR count). The van der Waals surface area contributed by atoms with Gasteiger partial charge >= 0.3 is 6.18 Å². The predicted octanol–water partition coefficient (Wildman–Crippen LogP) is 3.10. The number of hydrogen-bond acceptors (Lipinski definition) is 4. The second kappa shape index (κ2) is 7.41. The maximum Gasteiger partial charge on any atom is 0.418 e. The standard InChI is InChI=1S/C13H15F3N2OS/c1-20-8-10(4-5-19)18-12-3-2-9(7-17)6-11(12)13(14,15)16/h2-3,6,10,18-19H,4-5,8H2,1H3. The SMILES string of the molecule is CSCC(CCO)Nc1ccc(C#N)cc1C(F)(F)F. The first-order valence-corrected chi connectivity index (χ1v) is 7.29. The van der Waals surface area contributed by atoms with E-state index in [1.54, 1.807) is 6.07 Å². The molecular weight excluding hydrogens is 289 g/mol. The molecule has 3 nitrogen and oxygen atoms in total. The van der Waals surface area contributed by atoms with Gasteiger partial charge in [0.05, 0.1) is 17.2 Å². The number of nitrogens with one attached hydrogen (secondary N) is 1. The molecule has 0 aromatic heterocycles. The summed E-state index contributed by atoms with van der Waals surface area (Å²) >= 11 is 1.48. The molecule has 0 spiro atoms. The minimum Gasteiger partial charge on any atom is -0.396 e. The highest BCUT2D eigenvalue weighted by atomic mass is 32.2. The third kappa shape index (κ3) is 4.62. The van der Waals surface area contributed by atoms with Gasteiger partial charge in [-0.2, -0.15) is 30.2 Å². The number of thioether (sulfide) groups is 1. The number of benzene rings is 1. The molecule has 0 amide bonds. The Hall–Kier alpha value is -1.39. The van der Waals surface area contributed by atoms with Gasteiger partial charge in [-0.25, -0.2) is 0 Å². The lowest BCUT2D eigenvalue weighted by Crippen LogP contribution is -2.25. The number of anilines is 1. The zero-order valence-corrected chi connectivity index (χ0v) is 11.7. The third-order valence-corrected chi connectivity index (χ3v) is 3.39. The average molecular weight is 304 g/mol. The Bertz CT molecular complexity index is 479. The van der Waals surface area contributed by atoms with Crippen LogP contribution in [0.3, 0.4) is 0 Å². The molecule has 0 aliphatic rings. The van der Waals surface area contributed by atoms with Crippen molar-refractivity contribution in [2.75, 3.05) is 23.9 Å². The number of aliphatic hydroxyl groups excluding tert-OH is 1. The quantitative estimate of drug-likeness (QED) is 0.848. The van der Waals surface area contributed by atoms with Gasteiger partial charge in [-0.05, 0) is 30.9 Å². The number of alkyl halides is 3. The van der Waals surface area contributed by atoms with Gasteiger partial charge in [0.25, 0.3) is 0 Å². The van der Waals surface area contributed by atoms with Crippen molar-refractivity contribution in [3.63, 3.8) is 0 Å². The lowest BCUT2D eigenvalue weighted by Gasteiger charge is -2.21. The van der Waals surface area contributed by atoms with Gasteiger partial charge in [0.1, 0.15) is 0 Å². The number of hydrogen-bond donors (Lipinski definition) is 2. The first-order chi connectivity index (χ1) is 9.42. The van der Waals surface area contributed by atoms with Crippen LogP contribution in [0.4, 0.5) is 18.9 Å². The highest BCUT2D eigenvalue weighted by Gasteiger charge is 2.34. The Kier molecular flexibility index (Phi) is 6.17. The molecule has 110 valence electrons. The summed E-state index contributed by atoms with van der Waals surface area (Å²) in [5.74, 6) is 0.581. The zero-order valence-electron chi connectivity index (χ0n) is 10.9. The molecule has 7 heteroatoms. The van der Waals surface area contributed by atoms with Gasteiger partial charge in [-0.3, -0.25) is 0 Å². The maximum atomic E-state index is 13.0. The second-order valence-corrected chi connectivity index (χ2v) is 5.09. The summed E-state index contributed by atoms with van der Waals surface area (Å²) in [6, 6.07) is 4.87. The Labute approximate surface area is 119 Å². The molecule has 0 bridgehead atoms. The van der Waals surface area contributed by atoms with E-state index >= 15 is 0 Å². The molecule has 0 saturated heterocycles. The van der Waals surface area contributed by atoms with Gasteiger partial charge in [0, 0.05) is 24.1 Å². The van der Waals surface area contributed by atoms with Crippen molar-refractivity contribution in [3.8, 4) is 6.07 Å². The van der Waals surface area contributed by atoms with Crippen LogP contribution in [-0.2, 0) is 6.18 Å². The number of nitriles is 1. The Balaban J connectivity index is 3.07. The predicted molar refractivity (Wildman–Crippen MR) is 73.7 cm³/mol. The normalized spacial score (nSPS) is 12.8. The van der Waals surface area contributed by atoms with E-state index in [-0.39, 0.29) is 23.9 Å². The first-order valence-electron chi connectivity index (χ1n) is 5.90. The van der Waals surface area contributed by atoms with Crippen LogP contribution in [0.1, 0.15) is 17.5 Å². The minimum atomic E-state index is -4.53. The number of aliphatic hydroxyl groups is 1. The van der Waals surface area contributed by atoms with E-state index in [2.05, 4.69) is 5.32 Å². The summed E-state index contributed by atoms with van der Waals surface area (Å²) in [7, 11) is 0. The van der Waals surface area contributed by atoms with Gasteiger partial charge < -0.3 is 10.4 Å². The van der Waals surface area contributed by atoms with Crippen molar-refractivity contribution >= 4 is 17.4 Å². The van der Waals surface area contributed by atoms with Crippen LogP contribution < -0.4 is 5.32 Å². The van der Waals surface area contributed by atoms with E-state index < -0.39 is 11.7 Å². The summed E-state index contributed by atoms with van der Waals surface area (Å²) < 4.78 is 38.9. The fourth-order valence-electron chi connectivity index (χ4n) is 1.75. The Morgan fingerprint density at radius 2 is 2.15 bits per heavy atom. The van der Waals surface area contributed by atoms with Gasteiger partial charge in [-0.1, -0.05) is 0 Å². The van der Waals surface area contributed by atoms with E-state index in [1.807, 2.05) is 6.26 Å². The van der Waals surface area contributed by atoms with Crippen molar-refractivity contribution in [2.24, 2.45) is 0 Å². The molecule has 0 aliphatic heterocycles. The van der Waals surface area contributed by atoms with Crippen LogP contribution in [0.25, 0.3) is 0 Å². The van der Waals surface area contributed by atoms with Gasteiger partial charge in [0.15, 0.2) is 0 Å². The fourth-order valence-corrected chi connectivity index (χ4v) is 2.40. The van der Waals surface area contributed by atoms with Crippen molar-refractivity contribution < 1.29 is 18.3 Å². The Morgan fingerprint density at radius 1 is 1.45 bits per heavy atom. The van der Waals surface area contributed by atoms with E-state index in [0.29, 0.717) is 12.2 Å². The van der Waals surface area contributed by atoms with Crippen molar-refractivity contribution in [3.05, 3.63) is 29.3 Å². The lowest BCUT2D eigenvalue weighted by molar-refractivity contribution is -0.137. The summed E-state index contributed by atoms with van der Waals surface area (Å²) in [6.45, 7) is -0.101. The number of halogens is 3. The van der Waals surface area contributed by atoms with E-state index in [0.717, 1.165) is 6.07 Å². The van der Waals surface area contributed by atoms with Crippen molar-refractivity contribution in [2.45, 2.75) is 18.6 Å². The van der Waals surface area contributed by atoms with E-state index in [1.165, 1.54) is 23.9 Å². The van der Waals surface area contributed by atoms with Crippen LogP contribution in [0.15, 0.2) is 18.2 Å². The second-order valence-electron chi connectivity index (χ2n) is 4.18. The highest BCUT2D eigenvalue weighted by molar-refractivity contribution is 7.98. The monoisotopic (exact) mass is 304 g/mol. The minimum absolute atomic E-state index is 0.0357.